The van der Waals surface area contributed by atoms with Crippen LogP contribution in [-0.4, -0.2) is 26.0 Å². The van der Waals surface area contributed by atoms with Gasteiger partial charge in [-0.1, -0.05) is 0 Å². The standard InChI is InChI=1S/C9H13NO3S/c11-14(12)5-3-8(7-14)10-6-9-2-1-4-13-9/h1-2,4,8,10H,3,5-7H2. The van der Waals surface area contributed by atoms with Crippen LogP contribution in [0.15, 0.2) is 22.8 Å². The van der Waals surface area contributed by atoms with Crippen LogP contribution in [0.5, 0.6) is 0 Å². The maximum Gasteiger partial charge on any atom is 0.151 e. The van der Waals surface area contributed by atoms with Crippen LogP contribution in [-0.2, 0) is 16.4 Å². The molecule has 1 N–H and O–H groups in total. The number of rotatable bonds is 3. The minimum atomic E-state index is -2.78. The van der Waals surface area contributed by atoms with Gasteiger partial charge in [-0.2, -0.15) is 0 Å². The second kappa shape index (κ2) is 3.74. The summed E-state index contributed by atoms with van der Waals surface area (Å²) in [6.45, 7) is 0.604. The molecular weight excluding hydrogens is 202 g/mol. The summed E-state index contributed by atoms with van der Waals surface area (Å²) in [5, 5.41) is 3.17. The fourth-order valence-corrected chi connectivity index (χ4v) is 3.32. The third-order valence-corrected chi connectivity index (χ3v) is 4.15. The minimum Gasteiger partial charge on any atom is -0.468 e. The van der Waals surface area contributed by atoms with Crippen molar-refractivity contribution >= 4 is 9.84 Å². The number of sulfone groups is 1. The van der Waals surface area contributed by atoms with Gasteiger partial charge in [-0.05, 0) is 18.6 Å². The molecule has 0 aliphatic carbocycles. The third kappa shape index (κ3) is 2.36. The van der Waals surface area contributed by atoms with Crippen molar-refractivity contribution in [1.82, 2.24) is 5.32 Å². The number of furan rings is 1. The topological polar surface area (TPSA) is 59.3 Å². The van der Waals surface area contributed by atoms with Gasteiger partial charge in [-0.15, -0.1) is 0 Å². The van der Waals surface area contributed by atoms with Crippen LogP contribution in [0, 0.1) is 0 Å². The Morgan fingerprint density at radius 3 is 3.00 bits per heavy atom. The predicted octanol–water partition coefficient (Wildman–Crippen LogP) is 0.556. The van der Waals surface area contributed by atoms with Crippen molar-refractivity contribution in [2.24, 2.45) is 0 Å². The lowest BCUT2D eigenvalue weighted by Crippen LogP contribution is -2.29. The van der Waals surface area contributed by atoms with Crippen LogP contribution in [0.25, 0.3) is 0 Å². The molecule has 0 radical (unpaired) electrons. The van der Waals surface area contributed by atoms with Gasteiger partial charge in [0.25, 0.3) is 0 Å². The van der Waals surface area contributed by atoms with E-state index < -0.39 is 9.84 Å². The Kier molecular flexibility index (Phi) is 2.60. The van der Waals surface area contributed by atoms with E-state index in [1.807, 2.05) is 12.1 Å². The fraction of sp³-hybridized carbons (Fsp3) is 0.556. The van der Waals surface area contributed by atoms with Crippen molar-refractivity contribution in [3.05, 3.63) is 24.2 Å². The molecule has 1 aliphatic heterocycles. The summed E-state index contributed by atoms with van der Waals surface area (Å²) >= 11 is 0. The van der Waals surface area contributed by atoms with Crippen molar-refractivity contribution in [3.63, 3.8) is 0 Å². The van der Waals surface area contributed by atoms with E-state index in [9.17, 15) is 8.42 Å². The molecule has 1 fully saturated rings. The molecule has 1 aromatic rings. The Morgan fingerprint density at radius 2 is 2.43 bits per heavy atom. The first-order valence-corrected chi connectivity index (χ1v) is 6.44. The highest BCUT2D eigenvalue weighted by Gasteiger charge is 2.27. The van der Waals surface area contributed by atoms with Crippen LogP contribution in [0.3, 0.4) is 0 Å². The highest BCUT2D eigenvalue weighted by atomic mass is 32.2. The van der Waals surface area contributed by atoms with Crippen molar-refractivity contribution in [3.8, 4) is 0 Å². The summed E-state index contributed by atoms with van der Waals surface area (Å²) in [6.07, 6.45) is 2.32. The highest BCUT2D eigenvalue weighted by Crippen LogP contribution is 2.12. The zero-order chi connectivity index (χ0) is 10.0. The predicted molar refractivity (Wildman–Crippen MR) is 52.6 cm³/mol. The van der Waals surface area contributed by atoms with Crippen LogP contribution in [0.1, 0.15) is 12.2 Å². The summed E-state index contributed by atoms with van der Waals surface area (Å²) in [5.74, 6) is 1.41. The molecule has 4 nitrogen and oxygen atoms in total. The largest absolute Gasteiger partial charge is 0.468 e. The molecule has 5 heteroatoms. The van der Waals surface area contributed by atoms with Gasteiger partial charge < -0.3 is 9.73 Å². The lowest BCUT2D eigenvalue weighted by Gasteiger charge is -2.08. The second-order valence-electron chi connectivity index (χ2n) is 3.56. The van der Waals surface area contributed by atoms with Gasteiger partial charge in [0.1, 0.15) is 5.76 Å². The molecule has 14 heavy (non-hydrogen) atoms. The molecule has 0 amide bonds. The fourth-order valence-electron chi connectivity index (χ4n) is 1.61. The molecule has 2 rings (SSSR count). The molecule has 1 saturated heterocycles. The van der Waals surface area contributed by atoms with E-state index in [-0.39, 0.29) is 11.8 Å². The summed E-state index contributed by atoms with van der Waals surface area (Å²) in [5.41, 5.74) is 0. The molecular formula is C9H13NO3S. The van der Waals surface area contributed by atoms with Gasteiger partial charge in [0, 0.05) is 6.04 Å². The second-order valence-corrected chi connectivity index (χ2v) is 5.79. The lowest BCUT2D eigenvalue weighted by atomic mass is 10.2. The van der Waals surface area contributed by atoms with Gasteiger partial charge >= 0.3 is 0 Å². The van der Waals surface area contributed by atoms with E-state index in [0.717, 1.165) is 5.76 Å². The van der Waals surface area contributed by atoms with Crippen LogP contribution >= 0.6 is 0 Å². The van der Waals surface area contributed by atoms with Crippen molar-refractivity contribution < 1.29 is 12.8 Å². The molecule has 1 atom stereocenters. The van der Waals surface area contributed by atoms with E-state index in [1.54, 1.807) is 6.26 Å². The maximum absolute atomic E-state index is 11.1. The van der Waals surface area contributed by atoms with Crippen LogP contribution < -0.4 is 5.32 Å². The molecule has 1 aromatic heterocycles. The summed E-state index contributed by atoms with van der Waals surface area (Å²) < 4.78 is 27.4. The number of hydrogen-bond donors (Lipinski definition) is 1. The van der Waals surface area contributed by atoms with Crippen LogP contribution in [0.4, 0.5) is 0 Å². The van der Waals surface area contributed by atoms with Gasteiger partial charge in [-0.3, -0.25) is 0 Å². The zero-order valence-electron chi connectivity index (χ0n) is 7.77. The Hall–Kier alpha value is -0.810. The zero-order valence-corrected chi connectivity index (χ0v) is 8.59. The monoisotopic (exact) mass is 215 g/mol. The average molecular weight is 215 g/mol. The van der Waals surface area contributed by atoms with Gasteiger partial charge in [0.2, 0.25) is 0 Å². The Morgan fingerprint density at radius 1 is 1.57 bits per heavy atom. The van der Waals surface area contributed by atoms with E-state index in [0.29, 0.717) is 18.7 Å². The molecule has 0 saturated carbocycles. The Labute approximate surface area is 83.2 Å². The SMILES string of the molecule is O=S1(=O)CCC(NCc2ccco2)C1. The normalized spacial score (nSPS) is 25.3. The van der Waals surface area contributed by atoms with Gasteiger partial charge in [-0.25, -0.2) is 8.42 Å². The van der Waals surface area contributed by atoms with Crippen LogP contribution in [0.2, 0.25) is 0 Å². The molecule has 1 aliphatic rings. The average Bonchev–Trinajstić information content (AvgIpc) is 2.70. The molecule has 0 aromatic carbocycles. The van der Waals surface area contributed by atoms with Gasteiger partial charge in [0.15, 0.2) is 9.84 Å². The molecule has 0 spiro atoms. The summed E-state index contributed by atoms with van der Waals surface area (Å²) in [4.78, 5) is 0. The first-order chi connectivity index (χ1) is 6.66. The molecule has 2 heterocycles. The number of hydrogen-bond acceptors (Lipinski definition) is 4. The van der Waals surface area contributed by atoms with E-state index in [2.05, 4.69) is 5.32 Å². The molecule has 0 bridgehead atoms. The third-order valence-electron chi connectivity index (χ3n) is 2.38. The van der Waals surface area contributed by atoms with Crippen molar-refractivity contribution in [2.45, 2.75) is 19.0 Å². The van der Waals surface area contributed by atoms with E-state index in [4.69, 9.17) is 4.42 Å². The smallest absolute Gasteiger partial charge is 0.151 e. The van der Waals surface area contributed by atoms with Crippen molar-refractivity contribution in [2.75, 3.05) is 11.5 Å². The van der Waals surface area contributed by atoms with E-state index in [1.165, 1.54) is 0 Å². The summed E-state index contributed by atoms with van der Waals surface area (Å²) in [6, 6.07) is 3.78. The Balaban J connectivity index is 1.83. The summed E-state index contributed by atoms with van der Waals surface area (Å²) in [7, 11) is -2.78. The van der Waals surface area contributed by atoms with Gasteiger partial charge in [0.05, 0.1) is 24.3 Å². The first-order valence-electron chi connectivity index (χ1n) is 4.62. The molecule has 1 unspecified atom stereocenters. The number of nitrogens with one attached hydrogen (secondary N) is 1. The minimum absolute atomic E-state index is 0.0881. The van der Waals surface area contributed by atoms with E-state index >= 15 is 0 Å². The Bertz CT molecular complexity index is 382. The quantitative estimate of drug-likeness (QED) is 0.800. The molecule has 78 valence electrons. The van der Waals surface area contributed by atoms with Crippen molar-refractivity contribution in [1.29, 1.82) is 0 Å². The highest BCUT2D eigenvalue weighted by molar-refractivity contribution is 7.91. The first kappa shape index (κ1) is 9.73. The maximum atomic E-state index is 11.1. The lowest BCUT2D eigenvalue weighted by molar-refractivity contribution is 0.457.